The van der Waals surface area contributed by atoms with Crippen molar-refractivity contribution in [1.82, 2.24) is 0 Å². The standard InChI is InChI=1S/C25H28O8/c1-14-17(31-13-21(26)33-25(2,3)4)9-8-16-22(27)18(32-23(14)16)10-15-11-19(28-5)24(30-7)20(12-15)29-6/h8-12H,13H2,1-7H3/b18-10-. The molecular weight excluding hydrogens is 428 g/mol. The topological polar surface area (TPSA) is 89.5 Å². The van der Waals surface area contributed by atoms with Crippen LogP contribution in [0, 0.1) is 6.92 Å². The van der Waals surface area contributed by atoms with Crippen molar-refractivity contribution in [3.05, 3.63) is 46.7 Å². The Morgan fingerprint density at radius 3 is 2.18 bits per heavy atom. The maximum absolute atomic E-state index is 12.9. The van der Waals surface area contributed by atoms with Gasteiger partial charge in [0.15, 0.2) is 23.9 Å². The lowest BCUT2D eigenvalue weighted by molar-refractivity contribution is -0.157. The molecule has 0 aromatic heterocycles. The van der Waals surface area contributed by atoms with Crippen molar-refractivity contribution in [1.29, 1.82) is 0 Å². The van der Waals surface area contributed by atoms with Crippen LogP contribution in [0.5, 0.6) is 28.7 Å². The molecule has 3 rings (SSSR count). The summed E-state index contributed by atoms with van der Waals surface area (Å²) in [5.41, 5.74) is 1.06. The highest BCUT2D eigenvalue weighted by atomic mass is 16.6. The minimum Gasteiger partial charge on any atom is -0.493 e. The van der Waals surface area contributed by atoms with Crippen molar-refractivity contribution in [2.45, 2.75) is 33.3 Å². The van der Waals surface area contributed by atoms with Crippen molar-refractivity contribution >= 4 is 17.8 Å². The summed E-state index contributed by atoms with van der Waals surface area (Å²) in [5, 5.41) is 0. The first-order valence-corrected chi connectivity index (χ1v) is 10.3. The lowest BCUT2D eigenvalue weighted by Gasteiger charge is -2.19. The van der Waals surface area contributed by atoms with Crippen LogP contribution in [0.4, 0.5) is 0 Å². The summed E-state index contributed by atoms with van der Waals surface area (Å²) in [4.78, 5) is 24.9. The highest BCUT2D eigenvalue weighted by molar-refractivity contribution is 6.15. The van der Waals surface area contributed by atoms with E-state index in [0.717, 1.165) is 0 Å². The first-order valence-electron chi connectivity index (χ1n) is 10.3. The number of carbonyl (C=O) groups is 2. The summed E-state index contributed by atoms with van der Waals surface area (Å²) in [7, 11) is 4.55. The van der Waals surface area contributed by atoms with Crippen LogP contribution in [-0.4, -0.2) is 45.3 Å². The second-order valence-electron chi connectivity index (χ2n) is 8.34. The van der Waals surface area contributed by atoms with Crippen molar-refractivity contribution in [2.75, 3.05) is 27.9 Å². The molecule has 0 radical (unpaired) electrons. The minimum atomic E-state index is -0.602. The van der Waals surface area contributed by atoms with Gasteiger partial charge in [0.2, 0.25) is 11.5 Å². The van der Waals surface area contributed by atoms with Gasteiger partial charge in [-0.15, -0.1) is 0 Å². The average Bonchev–Trinajstić information content (AvgIpc) is 3.07. The van der Waals surface area contributed by atoms with Gasteiger partial charge in [-0.2, -0.15) is 0 Å². The fourth-order valence-electron chi connectivity index (χ4n) is 3.37. The van der Waals surface area contributed by atoms with E-state index in [1.54, 1.807) is 58.0 Å². The molecule has 1 heterocycles. The van der Waals surface area contributed by atoms with E-state index in [2.05, 4.69) is 0 Å². The van der Waals surface area contributed by atoms with E-state index in [1.165, 1.54) is 21.3 Å². The third-order valence-corrected chi connectivity index (χ3v) is 4.79. The first kappa shape index (κ1) is 24.0. The van der Waals surface area contributed by atoms with Gasteiger partial charge in [-0.05, 0) is 63.6 Å². The monoisotopic (exact) mass is 456 g/mol. The number of rotatable bonds is 7. The Morgan fingerprint density at radius 1 is 1.00 bits per heavy atom. The summed E-state index contributed by atoms with van der Waals surface area (Å²) < 4.78 is 32.8. The molecule has 0 saturated carbocycles. The number of carbonyl (C=O) groups excluding carboxylic acids is 2. The summed E-state index contributed by atoms with van der Waals surface area (Å²) in [5.74, 6) is 1.59. The smallest absolute Gasteiger partial charge is 0.344 e. The van der Waals surface area contributed by atoms with Crippen LogP contribution in [0.25, 0.3) is 6.08 Å². The second-order valence-corrected chi connectivity index (χ2v) is 8.34. The predicted octanol–water partition coefficient (Wildman–Crippen LogP) is 4.36. The largest absolute Gasteiger partial charge is 0.493 e. The van der Waals surface area contributed by atoms with E-state index in [-0.39, 0.29) is 18.1 Å². The van der Waals surface area contributed by atoms with Crippen LogP contribution in [0.15, 0.2) is 30.0 Å². The molecule has 0 atom stereocenters. The maximum Gasteiger partial charge on any atom is 0.344 e. The molecule has 0 aliphatic carbocycles. The molecule has 0 spiro atoms. The Labute approximate surface area is 193 Å². The molecule has 8 nitrogen and oxygen atoms in total. The first-order chi connectivity index (χ1) is 15.6. The summed E-state index contributed by atoms with van der Waals surface area (Å²) >= 11 is 0. The number of ether oxygens (including phenoxy) is 6. The zero-order chi connectivity index (χ0) is 24.3. The van der Waals surface area contributed by atoms with Crippen molar-refractivity contribution in [2.24, 2.45) is 0 Å². The second kappa shape index (κ2) is 9.44. The third-order valence-electron chi connectivity index (χ3n) is 4.79. The van der Waals surface area contributed by atoms with E-state index >= 15 is 0 Å². The molecule has 0 amide bonds. The van der Waals surface area contributed by atoms with Crippen LogP contribution in [0.1, 0.15) is 42.3 Å². The van der Waals surface area contributed by atoms with E-state index in [4.69, 9.17) is 28.4 Å². The number of Topliss-reactive ketones (excluding diaryl/α,β-unsaturated/α-hetero) is 1. The molecule has 2 aromatic carbocycles. The molecule has 1 aliphatic heterocycles. The quantitative estimate of drug-likeness (QED) is 0.449. The van der Waals surface area contributed by atoms with Crippen LogP contribution >= 0.6 is 0 Å². The van der Waals surface area contributed by atoms with Gasteiger partial charge in [0, 0.05) is 5.56 Å². The van der Waals surface area contributed by atoms with Crippen LogP contribution in [0.3, 0.4) is 0 Å². The van der Waals surface area contributed by atoms with Gasteiger partial charge in [-0.3, -0.25) is 4.79 Å². The fourth-order valence-corrected chi connectivity index (χ4v) is 3.37. The Balaban J connectivity index is 1.85. The number of fused-ring (bicyclic) bond motifs is 1. The zero-order valence-electron chi connectivity index (χ0n) is 19.9. The number of esters is 1. The van der Waals surface area contributed by atoms with Crippen molar-refractivity contribution < 1.29 is 38.0 Å². The summed E-state index contributed by atoms with van der Waals surface area (Å²) in [6, 6.07) is 6.69. The molecule has 33 heavy (non-hydrogen) atoms. The Bertz CT molecular complexity index is 1080. The van der Waals surface area contributed by atoms with Gasteiger partial charge >= 0.3 is 5.97 Å². The van der Waals surface area contributed by atoms with Gasteiger partial charge < -0.3 is 28.4 Å². The maximum atomic E-state index is 12.9. The van der Waals surface area contributed by atoms with Crippen LogP contribution in [0.2, 0.25) is 0 Å². The molecule has 0 bridgehead atoms. The van der Waals surface area contributed by atoms with Gasteiger partial charge in [0.1, 0.15) is 17.1 Å². The molecule has 176 valence electrons. The van der Waals surface area contributed by atoms with Crippen molar-refractivity contribution in [3.8, 4) is 28.7 Å². The molecule has 0 N–H and O–H groups in total. The predicted molar refractivity (Wildman–Crippen MR) is 122 cm³/mol. The molecule has 2 aromatic rings. The molecule has 0 unspecified atom stereocenters. The van der Waals surface area contributed by atoms with Crippen molar-refractivity contribution in [3.63, 3.8) is 0 Å². The van der Waals surface area contributed by atoms with Crippen LogP contribution < -0.4 is 23.7 Å². The zero-order valence-corrected chi connectivity index (χ0v) is 19.9. The third kappa shape index (κ3) is 5.22. The van der Waals surface area contributed by atoms with E-state index < -0.39 is 11.6 Å². The normalized spacial score (nSPS) is 13.9. The number of benzene rings is 2. The van der Waals surface area contributed by atoms with E-state index in [1.807, 2.05) is 0 Å². The highest BCUT2D eigenvalue weighted by Crippen LogP contribution is 2.41. The SMILES string of the molecule is COc1cc(/C=C2\Oc3c(ccc(OCC(=O)OC(C)(C)C)c3C)C2=O)cc(OC)c1OC. The van der Waals surface area contributed by atoms with Gasteiger partial charge in [-0.1, -0.05) is 0 Å². The average molecular weight is 456 g/mol. The lowest BCUT2D eigenvalue weighted by atomic mass is 10.1. The Kier molecular flexibility index (Phi) is 6.86. The number of hydrogen-bond acceptors (Lipinski definition) is 8. The minimum absolute atomic E-state index is 0.145. The number of allylic oxidation sites excluding steroid dienone is 1. The Morgan fingerprint density at radius 2 is 1.64 bits per heavy atom. The van der Waals surface area contributed by atoms with Gasteiger partial charge in [0.05, 0.1) is 26.9 Å². The summed E-state index contributed by atoms with van der Waals surface area (Å²) in [6.45, 7) is 6.87. The fraction of sp³-hybridized carbons (Fsp3) is 0.360. The highest BCUT2D eigenvalue weighted by Gasteiger charge is 2.30. The Hall–Kier alpha value is -3.68. The molecule has 0 fully saturated rings. The van der Waals surface area contributed by atoms with E-state index in [0.29, 0.717) is 45.4 Å². The molecular formula is C25H28O8. The molecule has 0 saturated heterocycles. The number of hydrogen-bond donors (Lipinski definition) is 0. The van der Waals surface area contributed by atoms with E-state index in [9.17, 15) is 9.59 Å². The van der Waals surface area contributed by atoms with Crippen LogP contribution in [-0.2, 0) is 9.53 Å². The molecule has 1 aliphatic rings. The molecule has 8 heteroatoms. The van der Waals surface area contributed by atoms with Gasteiger partial charge in [0.25, 0.3) is 0 Å². The summed E-state index contributed by atoms with van der Waals surface area (Å²) in [6.07, 6.45) is 1.60. The van der Waals surface area contributed by atoms with Gasteiger partial charge in [-0.25, -0.2) is 4.79 Å². The lowest BCUT2D eigenvalue weighted by Crippen LogP contribution is -2.27. The number of ketones is 1. The number of methoxy groups -OCH3 is 3.